The van der Waals surface area contributed by atoms with Crippen LogP contribution in [0, 0.1) is 30.2 Å². The minimum atomic E-state index is -0.999. The summed E-state index contributed by atoms with van der Waals surface area (Å²) in [5, 5.41) is 1.59. The van der Waals surface area contributed by atoms with E-state index in [1.807, 2.05) is 6.92 Å². The maximum atomic E-state index is 15.6. The van der Waals surface area contributed by atoms with Gasteiger partial charge in [-0.25, -0.2) is 27.5 Å². The highest BCUT2D eigenvalue weighted by atomic mass is 19.1. The van der Waals surface area contributed by atoms with Gasteiger partial charge in [0.25, 0.3) is 0 Å². The topological polar surface area (TPSA) is 66.4 Å². The first-order valence-corrected chi connectivity index (χ1v) is 14.5. The van der Waals surface area contributed by atoms with Gasteiger partial charge in [-0.1, -0.05) is 54.6 Å². The molecule has 1 aliphatic rings. The van der Waals surface area contributed by atoms with Crippen molar-refractivity contribution in [2.75, 3.05) is 9.80 Å². The molecule has 0 spiro atoms. The summed E-state index contributed by atoms with van der Waals surface area (Å²) in [6, 6.07) is 21.9. The highest BCUT2D eigenvalue weighted by Gasteiger charge is 2.41. The second-order valence-corrected chi connectivity index (χ2v) is 11.1. The number of para-hydroxylation sites is 2. The summed E-state index contributed by atoms with van der Waals surface area (Å²) in [5.41, 5.74) is -0.804. The summed E-state index contributed by atoms with van der Waals surface area (Å²) in [7, 11) is 0. The Morgan fingerprint density at radius 1 is 0.596 bits per heavy atom. The number of fused-ring (bicyclic) bond motifs is 2. The molecule has 0 amide bonds. The minimum absolute atomic E-state index is 0.129. The molecule has 228 valence electrons. The second-order valence-electron chi connectivity index (χ2n) is 11.1. The molecule has 0 fully saturated rings. The van der Waals surface area contributed by atoms with Crippen LogP contribution in [0.2, 0.25) is 0 Å². The molecule has 10 heteroatoms. The first-order valence-electron chi connectivity index (χ1n) is 14.5. The fraction of sp³-hybridized carbons (Fsp3) is 0.0270. The Balaban J connectivity index is 1.51. The summed E-state index contributed by atoms with van der Waals surface area (Å²) in [6.45, 7) is 1.83. The zero-order valence-electron chi connectivity index (χ0n) is 24.4. The number of benzene rings is 6. The van der Waals surface area contributed by atoms with Crippen molar-refractivity contribution in [3.8, 4) is 0 Å². The quantitative estimate of drug-likeness (QED) is 0.192. The van der Waals surface area contributed by atoms with Crippen molar-refractivity contribution in [1.29, 1.82) is 0 Å². The van der Waals surface area contributed by atoms with Gasteiger partial charge in [0.2, 0.25) is 0 Å². The molecule has 2 heterocycles. The van der Waals surface area contributed by atoms with E-state index >= 15 is 17.6 Å². The maximum absolute atomic E-state index is 15.6. The van der Waals surface area contributed by atoms with Crippen LogP contribution < -0.4 is 25.9 Å². The highest BCUT2D eigenvalue weighted by molar-refractivity contribution is 6.09. The Bertz CT molecular complexity index is 2560. The zero-order valence-corrected chi connectivity index (χ0v) is 24.4. The van der Waals surface area contributed by atoms with Crippen LogP contribution in [-0.2, 0) is 0 Å². The lowest BCUT2D eigenvalue weighted by Gasteiger charge is -2.25. The number of rotatable bonds is 3. The molecule has 0 atom stereocenters. The van der Waals surface area contributed by atoms with Crippen molar-refractivity contribution in [2.45, 2.75) is 6.92 Å². The predicted octanol–water partition coefficient (Wildman–Crippen LogP) is 7.29. The van der Waals surface area contributed by atoms with Crippen molar-refractivity contribution < 1.29 is 17.6 Å². The third kappa shape index (κ3) is 4.25. The number of hydrogen-bond donors (Lipinski definition) is 0. The van der Waals surface area contributed by atoms with E-state index in [4.69, 9.17) is 0 Å². The number of halogens is 4. The molecule has 6 aromatic carbocycles. The van der Waals surface area contributed by atoms with Gasteiger partial charge >= 0.3 is 0 Å². The van der Waals surface area contributed by atoms with Crippen molar-refractivity contribution >= 4 is 61.7 Å². The van der Waals surface area contributed by atoms with Gasteiger partial charge in [0.15, 0.2) is 22.5 Å². The van der Waals surface area contributed by atoms with Gasteiger partial charge < -0.3 is 0 Å². The standard InChI is InChI=1S/C37H20F4N4O2/c1-19-14-16-28-29(18-19)43-37-36(42-28)44(32-24(38)10-4-11-25(32)39)30(45(37)33-26(40)12-5-13-27(33)41)17-15-23-34(46)21-8-2-6-20-7-3-9-22(31(20)21)35(23)47/h2-18H,1H3/b30-17-. The number of anilines is 4. The average molecular weight is 629 g/mol. The van der Waals surface area contributed by atoms with Gasteiger partial charge in [0.05, 0.1) is 16.3 Å². The van der Waals surface area contributed by atoms with E-state index in [1.54, 1.807) is 54.6 Å². The fourth-order valence-electron chi connectivity index (χ4n) is 6.18. The van der Waals surface area contributed by atoms with Gasteiger partial charge in [0, 0.05) is 16.2 Å². The van der Waals surface area contributed by atoms with Gasteiger partial charge in [-0.15, -0.1) is 0 Å². The normalized spacial score (nSPS) is 13.8. The summed E-state index contributed by atoms with van der Waals surface area (Å²) in [5.74, 6) is -4.48. The van der Waals surface area contributed by atoms with E-state index in [2.05, 4.69) is 9.97 Å². The van der Waals surface area contributed by atoms with Crippen molar-refractivity contribution in [2.24, 2.45) is 0 Å². The number of aryl methyl sites for hydroxylation is 1. The molecule has 0 radical (unpaired) electrons. The second kappa shape index (κ2) is 10.4. The van der Waals surface area contributed by atoms with E-state index in [9.17, 15) is 9.59 Å². The molecule has 0 aliphatic carbocycles. The van der Waals surface area contributed by atoms with E-state index in [-0.39, 0.29) is 22.7 Å². The molecule has 6 nitrogen and oxygen atoms in total. The third-order valence-electron chi connectivity index (χ3n) is 8.27. The Labute approximate surface area is 263 Å². The van der Waals surface area contributed by atoms with Crippen molar-refractivity contribution in [3.05, 3.63) is 157 Å². The first-order chi connectivity index (χ1) is 22.7. The van der Waals surface area contributed by atoms with E-state index < -0.39 is 45.5 Å². The predicted molar refractivity (Wildman–Crippen MR) is 174 cm³/mol. The SMILES string of the molecule is Cc1ccc2nc3c(nc2c1)N(c1c(F)cccc1F)/C(=C\C=c1c(=O)c2cccc4cccc(c1=O)c42)N3c1c(F)cccc1F. The fourth-order valence-corrected chi connectivity index (χ4v) is 6.18. The number of allylic oxidation sites excluding steroid dienone is 1. The monoisotopic (exact) mass is 628 g/mol. The van der Waals surface area contributed by atoms with Crippen LogP contribution in [0.3, 0.4) is 0 Å². The first kappa shape index (κ1) is 28.3. The van der Waals surface area contributed by atoms with E-state index in [1.165, 1.54) is 24.3 Å². The lowest BCUT2D eigenvalue weighted by atomic mass is 9.99. The van der Waals surface area contributed by atoms with Gasteiger partial charge in [-0.2, -0.15) is 0 Å². The minimum Gasteiger partial charge on any atom is -0.288 e. The molecule has 0 saturated heterocycles. The Hall–Kier alpha value is -6.16. The summed E-state index contributed by atoms with van der Waals surface area (Å²) in [4.78, 5) is 38.9. The van der Waals surface area contributed by atoms with Gasteiger partial charge in [-0.3, -0.25) is 19.4 Å². The van der Waals surface area contributed by atoms with E-state index in [0.717, 1.165) is 39.6 Å². The van der Waals surface area contributed by atoms with E-state index in [0.29, 0.717) is 32.6 Å². The van der Waals surface area contributed by atoms with Crippen LogP contribution >= 0.6 is 0 Å². The number of aromatic nitrogens is 2. The molecular formula is C37H20F4N4O2. The molecule has 8 rings (SSSR count). The third-order valence-corrected chi connectivity index (χ3v) is 8.27. The number of nitrogens with zero attached hydrogens (tertiary/aromatic N) is 4. The van der Waals surface area contributed by atoms with Crippen molar-refractivity contribution in [1.82, 2.24) is 9.97 Å². The summed E-state index contributed by atoms with van der Waals surface area (Å²) >= 11 is 0. The molecule has 0 unspecified atom stereocenters. The summed E-state index contributed by atoms with van der Waals surface area (Å²) < 4.78 is 62.4. The smallest absolute Gasteiger partial charge is 0.197 e. The molecule has 1 aliphatic heterocycles. The van der Waals surface area contributed by atoms with Crippen molar-refractivity contribution in [3.63, 3.8) is 0 Å². The lowest BCUT2D eigenvalue weighted by molar-refractivity contribution is 0.581. The largest absolute Gasteiger partial charge is 0.288 e. The molecular weight excluding hydrogens is 608 g/mol. The highest BCUT2D eigenvalue weighted by Crippen LogP contribution is 2.50. The van der Waals surface area contributed by atoms with Crippen LogP contribution in [0.5, 0.6) is 0 Å². The molecule has 0 saturated carbocycles. The van der Waals surface area contributed by atoms with Crippen LogP contribution in [0.25, 0.3) is 38.7 Å². The summed E-state index contributed by atoms with van der Waals surface area (Å²) in [6.07, 6.45) is 2.41. The Morgan fingerprint density at radius 2 is 1.09 bits per heavy atom. The zero-order chi connectivity index (χ0) is 32.6. The van der Waals surface area contributed by atoms with Crippen LogP contribution in [0.4, 0.5) is 40.6 Å². The average Bonchev–Trinajstić information content (AvgIpc) is 3.34. The lowest BCUT2D eigenvalue weighted by Crippen LogP contribution is -2.38. The molecule has 47 heavy (non-hydrogen) atoms. The molecule has 1 aromatic heterocycles. The molecule has 7 aromatic rings. The molecule has 0 N–H and O–H groups in total. The van der Waals surface area contributed by atoms with Gasteiger partial charge in [-0.05, 0) is 66.4 Å². The Morgan fingerprint density at radius 3 is 1.62 bits per heavy atom. The Kier molecular flexibility index (Phi) is 6.30. The van der Waals surface area contributed by atoms with Gasteiger partial charge in [0.1, 0.15) is 40.5 Å². The van der Waals surface area contributed by atoms with Crippen LogP contribution in [0.15, 0.2) is 112 Å². The maximum Gasteiger partial charge on any atom is 0.197 e. The number of hydrogen-bond acceptors (Lipinski definition) is 6. The molecule has 0 bridgehead atoms. The van der Waals surface area contributed by atoms with Crippen LogP contribution in [0.1, 0.15) is 5.56 Å². The van der Waals surface area contributed by atoms with Crippen LogP contribution in [-0.4, -0.2) is 9.97 Å².